The van der Waals surface area contributed by atoms with Gasteiger partial charge in [0.25, 0.3) is 5.22 Å². The molecular formula is C14H20N2OS. The summed E-state index contributed by atoms with van der Waals surface area (Å²) in [7, 11) is 2.02. The first-order valence-electron chi connectivity index (χ1n) is 6.40. The Labute approximate surface area is 112 Å². The van der Waals surface area contributed by atoms with Crippen LogP contribution in [0.25, 0.3) is 11.1 Å². The van der Waals surface area contributed by atoms with Gasteiger partial charge in [0.2, 0.25) is 0 Å². The lowest BCUT2D eigenvalue weighted by molar-refractivity contribution is 0.418. The molecule has 0 aliphatic rings. The van der Waals surface area contributed by atoms with Crippen molar-refractivity contribution >= 4 is 22.9 Å². The molecule has 0 bridgehead atoms. The van der Waals surface area contributed by atoms with Crippen LogP contribution in [0.1, 0.15) is 20.3 Å². The summed E-state index contributed by atoms with van der Waals surface area (Å²) in [5, 5.41) is 4.13. The minimum atomic E-state index is 0.495. The van der Waals surface area contributed by atoms with E-state index in [9.17, 15) is 0 Å². The number of fused-ring (bicyclic) bond motifs is 1. The quantitative estimate of drug-likeness (QED) is 0.810. The van der Waals surface area contributed by atoms with Crippen LogP contribution in [0.4, 0.5) is 0 Å². The zero-order valence-electron chi connectivity index (χ0n) is 11.1. The van der Waals surface area contributed by atoms with Gasteiger partial charge in [0.1, 0.15) is 5.52 Å². The Morgan fingerprint density at radius 1 is 1.39 bits per heavy atom. The molecule has 98 valence electrons. The Bertz CT molecular complexity index is 464. The third-order valence-electron chi connectivity index (χ3n) is 3.36. The molecule has 1 heterocycles. The number of aromatic nitrogens is 1. The highest BCUT2D eigenvalue weighted by Crippen LogP contribution is 2.25. The van der Waals surface area contributed by atoms with Gasteiger partial charge in [0, 0.05) is 11.8 Å². The first kappa shape index (κ1) is 13.4. The van der Waals surface area contributed by atoms with E-state index < -0.39 is 0 Å². The molecule has 0 saturated heterocycles. The smallest absolute Gasteiger partial charge is 0.256 e. The third kappa shape index (κ3) is 3.06. The number of nitrogens with one attached hydrogen (secondary N) is 1. The van der Waals surface area contributed by atoms with Crippen molar-refractivity contribution in [2.45, 2.75) is 31.5 Å². The lowest BCUT2D eigenvalue weighted by Gasteiger charge is -2.21. The molecule has 2 atom stereocenters. The molecule has 4 heteroatoms. The van der Waals surface area contributed by atoms with Crippen molar-refractivity contribution in [3.05, 3.63) is 24.3 Å². The fourth-order valence-corrected chi connectivity index (χ4v) is 3.02. The summed E-state index contributed by atoms with van der Waals surface area (Å²) in [4.78, 5) is 4.47. The normalized spacial score (nSPS) is 14.8. The van der Waals surface area contributed by atoms with Crippen LogP contribution in [0.2, 0.25) is 0 Å². The Morgan fingerprint density at radius 2 is 2.17 bits per heavy atom. The van der Waals surface area contributed by atoms with E-state index in [-0.39, 0.29) is 0 Å². The zero-order valence-corrected chi connectivity index (χ0v) is 12.0. The molecule has 1 aromatic carbocycles. The highest BCUT2D eigenvalue weighted by Gasteiger charge is 2.15. The van der Waals surface area contributed by atoms with Crippen LogP contribution in [0.3, 0.4) is 0 Å². The van der Waals surface area contributed by atoms with E-state index in [0.717, 1.165) is 22.1 Å². The van der Waals surface area contributed by atoms with Gasteiger partial charge in [-0.25, -0.2) is 4.98 Å². The molecule has 0 aliphatic carbocycles. The van der Waals surface area contributed by atoms with E-state index in [4.69, 9.17) is 4.42 Å². The molecule has 0 amide bonds. The van der Waals surface area contributed by atoms with Crippen molar-refractivity contribution < 1.29 is 4.42 Å². The molecule has 2 unspecified atom stereocenters. The molecule has 0 spiro atoms. The molecule has 0 aliphatic heterocycles. The van der Waals surface area contributed by atoms with Gasteiger partial charge in [0.15, 0.2) is 5.58 Å². The minimum Gasteiger partial charge on any atom is -0.431 e. The zero-order chi connectivity index (χ0) is 13.0. The van der Waals surface area contributed by atoms with Gasteiger partial charge in [-0.3, -0.25) is 0 Å². The highest BCUT2D eigenvalue weighted by atomic mass is 32.2. The summed E-state index contributed by atoms with van der Waals surface area (Å²) in [6, 6.07) is 8.38. The fraction of sp³-hybridized carbons (Fsp3) is 0.500. The summed E-state index contributed by atoms with van der Waals surface area (Å²) >= 11 is 1.68. The van der Waals surface area contributed by atoms with Gasteiger partial charge >= 0.3 is 0 Å². The molecule has 0 saturated carbocycles. The minimum absolute atomic E-state index is 0.495. The van der Waals surface area contributed by atoms with Crippen molar-refractivity contribution in [2.75, 3.05) is 12.8 Å². The van der Waals surface area contributed by atoms with Crippen molar-refractivity contribution in [1.82, 2.24) is 10.3 Å². The molecule has 0 fully saturated rings. The SMILES string of the molecule is CCC(C)C(CSc1nc2ccccc2o1)NC. The van der Waals surface area contributed by atoms with Gasteiger partial charge in [-0.15, -0.1) is 0 Å². The molecule has 3 nitrogen and oxygen atoms in total. The molecular weight excluding hydrogens is 244 g/mol. The maximum Gasteiger partial charge on any atom is 0.256 e. The molecule has 18 heavy (non-hydrogen) atoms. The van der Waals surface area contributed by atoms with E-state index in [0.29, 0.717) is 12.0 Å². The maximum atomic E-state index is 5.70. The average molecular weight is 264 g/mol. The third-order valence-corrected chi connectivity index (χ3v) is 4.31. The number of benzene rings is 1. The van der Waals surface area contributed by atoms with Gasteiger partial charge in [-0.1, -0.05) is 44.2 Å². The number of nitrogens with zero attached hydrogens (tertiary/aromatic N) is 1. The molecule has 1 N–H and O–H groups in total. The Hall–Kier alpha value is -1.00. The lowest BCUT2D eigenvalue weighted by Crippen LogP contribution is -2.34. The average Bonchev–Trinajstić information content (AvgIpc) is 2.81. The Kier molecular flexibility index (Phi) is 4.66. The first-order chi connectivity index (χ1) is 8.74. The molecule has 2 rings (SSSR count). The molecule has 2 aromatic rings. The molecule has 0 radical (unpaired) electrons. The van der Waals surface area contributed by atoms with Gasteiger partial charge in [-0.2, -0.15) is 0 Å². The van der Waals surface area contributed by atoms with Gasteiger partial charge < -0.3 is 9.73 Å². The van der Waals surface area contributed by atoms with Crippen molar-refractivity contribution in [3.63, 3.8) is 0 Å². The number of thioether (sulfide) groups is 1. The number of rotatable bonds is 6. The maximum absolute atomic E-state index is 5.70. The highest BCUT2D eigenvalue weighted by molar-refractivity contribution is 7.99. The van der Waals surface area contributed by atoms with Gasteiger partial charge in [-0.05, 0) is 25.1 Å². The largest absolute Gasteiger partial charge is 0.431 e. The van der Waals surface area contributed by atoms with Crippen LogP contribution < -0.4 is 5.32 Å². The van der Waals surface area contributed by atoms with Gasteiger partial charge in [0.05, 0.1) is 0 Å². The topological polar surface area (TPSA) is 38.1 Å². The van der Waals surface area contributed by atoms with E-state index >= 15 is 0 Å². The van der Waals surface area contributed by atoms with Crippen LogP contribution >= 0.6 is 11.8 Å². The number of hydrogen-bond acceptors (Lipinski definition) is 4. The van der Waals surface area contributed by atoms with Crippen LogP contribution in [-0.4, -0.2) is 23.8 Å². The van der Waals surface area contributed by atoms with E-state index in [1.807, 2.05) is 31.3 Å². The number of para-hydroxylation sites is 2. The predicted octanol–water partition coefficient (Wildman–Crippen LogP) is 3.55. The van der Waals surface area contributed by atoms with Crippen LogP contribution in [0, 0.1) is 5.92 Å². The summed E-state index contributed by atoms with van der Waals surface area (Å²) in [6.07, 6.45) is 1.18. The van der Waals surface area contributed by atoms with Crippen LogP contribution in [-0.2, 0) is 0 Å². The van der Waals surface area contributed by atoms with E-state index in [2.05, 4.69) is 24.1 Å². The standard InChI is InChI=1S/C14H20N2OS/c1-4-10(2)12(15-3)9-18-14-16-11-7-5-6-8-13(11)17-14/h5-8,10,12,15H,4,9H2,1-3H3. The van der Waals surface area contributed by atoms with Crippen molar-refractivity contribution in [1.29, 1.82) is 0 Å². The summed E-state index contributed by atoms with van der Waals surface area (Å²) in [6.45, 7) is 4.49. The second-order valence-electron chi connectivity index (χ2n) is 4.54. The predicted molar refractivity (Wildman–Crippen MR) is 77.0 cm³/mol. The molecule has 1 aromatic heterocycles. The fourth-order valence-electron chi connectivity index (χ4n) is 1.89. The Balaban J connectivity index is 2.00. The van der Waals surface area contributed by atoms with Crippen molar-refractivity contribution in [3.8, 4) is 0 Å². The summed E-state index contributed by atoms with van der Waals surface area (Å²) in [5.74, 6) is 1.64. The van der Waals surface area contributed by atoms with Crippen molar-refractivity contribution in [2.24, 2.45) is 5.92 Å². The van der Waals surface area contributed by atoms with Crippen LogP contribution in [0.5, 0.6) is 0 Å². The van der Waals surface area contributed by atoms with E-state index in [1.165, 1.54) is 6.42 Å². The first-order valence-corrected chi connectivity index (χ1v) is 7.38. The summed E-state index contributed by atoms with van der Waals surface area (Å²) in [5.41, 5.74) is 1.80. The number of oxazole rings is 1. The monoisotopic (exact) mass is 264 g/mol. The Morgan fingerprint density at radius 3 is 2.83 bits per heavy atom. The summed E-state index contributed by atoms with van der Waals surface area (Å²) < 4.78 is 5.70. The number of hydrogen-bond donors (Lipinski definition) is 1. The van der Waals surface area contributed by atoms with Crippen LogP contribution in [0.15, 0.2) is 33.9 Å². The second-order valence-corrected chi connectivity index (χ2v) is 5.51. The second kappa shape index (κ2) is 6.25. The lowest BCUT2D eigenvalue weighted by atomic mass is 10.0. The van der Waals surface area contributed by atoms with E-state index in [1.54, 1.807) is 11.8 Å².